The summed E-state index contributed by atoms with van der Waals surface area (Å²) >= 11 is 0. The summed E-state index contributed by atoms with van der Waals surface area (Å²) in [7, 11) is 3.19. The number of hydrogen-bond acceptors (Lipinski definition) is 2. The highest BCUT2D eigenvalue weighted by atomic mass is 32.2. The second-order valence-electron chi connectivity index (χ2n) is 5.42. The van der Waals surface area contributed by atoms with Gasteiger partial charge in [0, 0.05) is 9.79 Å². The summed E-state index contributed by atoms with van der Waals surface area (Å²) < 4.78 is 4.53. The van der Waals surface area contributed by atoms with Gasteiger partial charge in [-0.2, -0.15) is 4.36 Å². The van der Waals surface area contributed by atoms with E-state index >= 15 is 0 Å². The maximum Gasteiger partial charge on any atom is 0.266 e. The van der Waals surface area contributed by atoms with E-state index in [1.165, 1.54) is 0 Å². The molecule has 112 valence electrons. The number of likely N-dealkylation sites (N-methyl/N-ethyl adjacent to an activating group) is 1. The van der Waals surface area contributed by atoms with Crippen LogP contribution in [0.3, 0.4) is 0 Å². The molecule has 0 bridgehead atoms. The van der Waals surface area contributed by atoms with Gasteiger partial charge in [0.15, 0.2) is 0 Å². The molecule has 0 aromatic heterocycles. The van der Waals surface area contributed by atoms with Gasteiger partial charge < -0.3 is 4.90 Å². The number of fused-ring (bicyclic) bond motifs is 2. The molecule has 3 rings (SSSR count). The van der Waals surface area contributed by atoms with E-state index in [0.717, 1.165) is 20.9 Å². The van der Waals surface area contributed by atoms with Gasteiger partial charge in [0.1, 0.15) is 0 Å². The number of nitrogens with zero attached hydrogens (tertiary/aromatic N) is 2. The highest BCUT2D eigenvalue weighted by Gasteiger charge is 2.16. The van der Waals surface area contributed by atoms with Crippen molar-refractivity contribution in [2.75, 3.05) is 20.6 Å². The molecule has 2 aromatic rings. The average molecular weight is 310 g/mol. The Labute approximate surface area is 133 Å². The Hall–Kier alpha value is -2.04. The lowest BCUT2D eigenvalue weighted by molar-refractivity contribution is -0.118. The minimum Gasteiger partial charge on any atom is -0.301 e. The fraction of sp³-hybridized carbons (Fsp3) is 0.167. The lowest BCUT2D eigenvalue weighted by Crippen LogP contribution is -2.20. The molecule has 0 aliphatic carbocycles. The minimum atomic E-state index is -0.572. The number of hydrogen-bond donors (Lipinski definition) is 0. The fourth-order valence-electron chi connectivity index (χ4n) is 2.39. The highest BCUT2D eigenvalue weighted by Crippen LogP contribution is 2.30. The zero-order valence-electron chi connectivity index (χ0n) is 12.7. The molecule has 4 heteroatoms. The molecule has 1 amide bonds. The van der Waals surface area contributed by atoms with Crippen molar-refractivity contribution < 1.29 is 4.79 Å². The topological polar surface area (TPSA) is 32.7 Å². The van der Waals surface area contributed by atoms with Crippen molar-refractivity contribution in [3.8, 4) is 0 Å². The van der Waals surface area contributed by atoms with E-state index < -0.39 is 10.7 Å². The van der Waals surface area contributed by atoms with Gasteiger partial charge in [0.05, 0.1) is 6.54 Å². The van der Waals surface area contributed by atoms with Crippen LogP contribution < -0.4 is 0 Å². The van der Waals surface area contributed by atoms with Gasteiger partial charge in [0.2, 0.25) is 0 Å². The van der Waals surface area contributed by atoms with Gasteiger partial charge >= 0.3 is 0 Å². The van der Waals surface area contributed by atoms with E-state index in [1.807, 2.05) is 43.3 Å². The molecule has 0 saturated carbocycles. The lowest BCUT2D eigenvalue weighted by Gasteiger charge is -2.12. The maximum atomic E-state index is 12.2. The molecule has 0 fully saturated rings. The van der Waals surface area contributed by atoms with Crippen LogP contribution in [0.25, 0.3) is 12.2 Å². The van der Waals surface area contributed by atoms with Crippen molar-refractivity contribution in [1.29, 1.82) is 0 Å². The van der Waals surface area contributed by atoms with Crippen LogP contribution in [0.1, 0.15) is 11.1 Å². The Balaban J connectivity index is 2.17. The van der Waals surface area contributed by atoms with Gasteiger partial charge in [-0.05, 0) is 48.0 Å². The van der Waals surface area contributed by atoms with E-state index in [1.54, 1.807) is 0 Å². The monoisotopic (exact) mass is 310 g/mol. The Morgan fingerprint density at radius 3 is 1.95 bits per heavy atom. The van der Waals surface area contributed by atoms with Crippen molar-refractivity contribution in [1.82, 2.24) is 4.90 Å². The van der Waals surface area contributed by atoms with Gasteiger partial charge in [-0.1, -0.05) is 48.6 Å². The van der Waals surface area contributed by atoms with E-state index in [4.69, 9.17) is 0 Å². The van der Waals surface area contributed by atoms with Crippen LogP contribution in [0.15, 0.2) is 62.7 Å². The molecule has 1 aliphatic rings. The molecule has 0 unspecified atom stereocenters. The molecule has 2 aromatic carbocycles. The van der Waals surface area contributed by atoms with E-state index in [0.29, 0.717) is 6.54 Å². The number of carbonyl (C=O) groups is 1. The second-order valence-corrected chi connectivity index (χ2v) is 7.05. The molecule has 0 saturated heterocycles. The first-order valence-corrected chi connectivity index (χ1v) is 8.33. The SMILES string of the molecule is CN(C)CC(=O)N=S1c2ccccc2C=Cc2ccccc21. The first-order valence-electron chi connectivity index (χ1n) is 7.15. The summed E-state index contributed by atoms with van der Waals surface area (Å²) in [5.74, 6) is -0.0835. The second kappa shape index (κ2) is 6.38. The molecule has 1 aliphatic heterocycles. The van der Waals surface area contributed by atoms with Crippen LogP contribution in [0.5, 0.6) is 0 Å². The molecular weight excluding hydrogens is 292 g/mol. The number of carbonyl (C=O) groups excluding carboxylic acids is 1. The third kappa shape index (κ3) is 3.08. The predicted octanol–water partition coefficient (Wildman–Crippen LogP) is 3.48. The van der Waals surface area contributed by atoms with Crippen LogP contribution in [0.2, 0.25) is 0 Å². The summed E-state index contributed by atoms with van der Waals surface area (Å²) in [5.41, 5.74) is 2.26. The molecule has 1 heterocycles. The van der Waals surface area contributed by atoms with Crippen LogP contribution in [0.4, 0.5) is 0 Å². The first kappa shape index (κ1) is 14.9. The Morgan fingerprint density at radius 1 is 0.955 bits per heavy atom. The van der Waals surface area contributed by atoms with Gasteiger partial charge in [-0.15, -0.1) is 0 Å². The molecule has 0 spiro atoms. The van der Waals surface area contributed by atoms with Gasteiger partial charge in [0.25, 0.3) is 5.91 Å². The van der Waals surface area contributed by atoms with Gasteiger partial charge in [-0.25, -0.2) is 0 Å². The highest BCUT2D eigenvalue weighted by molar-refractivity contribution is 7.88. The third-order valence-corrected chi connectivity index (χ3v) is 5.30. The zero-order valence-corrected chi connectivity index (χ0v) is 13.5. The third-order valence-electron chi connectivity index (χ3n) is 3.34. The van der Waals surface area contributed by atoms with Crippen molar-refractivity contribution in [2.45, 2.75) is 9.79 Å². The van der Waals surface area contributed by atoms with Crippen LogP contribution >= 0.6 is 0 Å². The molecule has 3 nitrogen and oxygen atoms in total. The Morgan fingerprint density at radius 2 is 1.45 bits per heavy atom. The Bertz CT molecular complexity index is 727. The molecule has 0 N–H and O–H groups in total. The molecule has 22 heavy (non-hydrogen) atoms. The molecule has 0 atom stereocenters. The normalized spacial score (nSPS) is 13.4. The van der Waals surface area contributed by atoms with E-state index in [9.17, 15) is 4.79 Å². The number of amides is 1. The average Bonchev–Trinajstić information content (AvgIpc) is 2.65. The summed E-state index contributed by atoms with van der Waals surface area (Å²) in [6.07, 6.45) is 4.21. The van der Waals surface area contributed by atoms with Crippen LogP contribution in [0, 0.1) is 0 Å². The summed E-state index contributed by atoms with van der Waals surface area (Å²) in [5, 5.41) is 0. The zero-order chi connectivity index (χ0) is 15.5. The van der Waals surface area contributed by atoms with Gasteiger partial charge in [-0.3, -0.25) is 4.79 Å². The first-order chi connectivity index (χ1) is 10.6. The summed E-state index contributed by atoms with van der Waals surface area (Å²) in [4.78, 5) is 16.3. The summed E-state index contributed by atoms with van der Waals surface area (Å²) in [6.45, 7) is 0.335. The fourth-order valence-corrected chi connectivity index (χ4v) is 4.21. The van der Waals surface area contributed by atoms with Crippen molar-refractivity contribution in [2.24, 2.45) is 4.36 Å². The van der Waals surface area contributed by atoms with E-state index in [2.05, 4.69) is 40.8 Å². The standard InChI is InChI=1S/C18H18N2OS/c1-20(2)13-18(21)19-22-16-9-5-3-7-14(16)11-12-15-8-4-6-10-17(15)22/h3-12H,13H2,1-2H3. The van der Waals surface area contributed by atoms with E-state index in [-0.39, 0.29) is 5.91 Å². The summed E-state index contributed by atoms with van der Waals surface area (Å²) in [6, 6.07) is 16.3. The van der Waals surface area contributed by atoms with Crippen LogP contribution in [-0.4, -0.2) is 31.4 Å². The lowest BCUT2D eigenvalue weighted by atomic mass is 10.1. The maximum absolute atomic E-state index is 12.2. The largest absolute Gasteiger partial charge is 0.301 e. The predicted molar refractivity (Wildman–Crippen MR) is 91.7 cm³/mol. The number of benzene rings is 2. The Kier molecular flexibility index (Phi) is 4.32. The minimum absolute atomic E-state index is 0.0835. The number of rotatable bonds is 2. The van der Waals surface area contributed by atoms with Crippen LogP contribution in [-0.2, 0) is 15.5 Å². The van der Waals surface area contributed by atoms with Crippen molar-refractivity contribution in [3.05, 3.63) is 59.7 Å². The van der Waals surface area contributed by atoms with Crippen molar-refractivity contribution >= 4 is 28.8 Å². The molecular formula is C18H18N2OS. The quantitative estimate of drug-likeness (QED) is 0.726. The molecule has 0 radical (unpaired) electrons. The van der Waals surface area contributed by atoms with Crippen molar-refractivity contribution in [3.63, 3.8) is 0 Å². The smallest absolute Gasteiger partial charge is 0.266 e.